The maximum absolute atomic E-state index is 10.9. The molecule has 0 saturated heterocycles. The van der Waals surface area contributed by atoms with Crippen molar-refractivity contribution in [2.24, 2.45) is 11.7 Å². The van der Waals surface area contributed by atoms with Crippen LogP contribution in [0, 0.1) is 5.92 Å². The molecule has 0 aromatic heterocycles. The summed E-state index contributed by atoms with van der Waals surface area (Å²) in [5.41, 5.74) is 7.27. The average molecular weight is 252 g/mol. The lowest BCUT2D eigenvalue weighted by Gasteiger charge is -2.38. The van der Waals surface area contributed by atoms with E-state index in [4.69, 9.17) is 5.73 Å². The van der Waals surface area contributed by atoms with Gasteiger partial charge >= 0.3 is 0 Å². The van der Waals surface area contributed by atoms with Crippen LogP contribution in [0.4, 0.5) is 5.69 Å². The predicted molar refractivity (Wildman–Crippen MR) is 75.6 cm³/mol. The fourth-order valence-corrected chi connectivity index (χ4v) is 4.79. The average Bonchev–Trinajstić information content (AvgIpc) is 3.02. The minimum absolute atomic E-state index is 0.220. The zero-order valence-corrected chi connectivity index (χ0v) is 11.1. The van der Waals surface area contributed by atoms with Crippen molar-refractivity contribution in [2.45, 2.75) is 16.2 Å². The summed E-state index contributed by atoms with van der Waals surface area (Å²) in [5.74, 6) is 0.220. The molecule has 3 unspecified atom stereocenters. The molecule has 1 aliphatic rings. The van der Waals surface area contributed by atoms with Crippen molar-refractivity contribution in [1.29, 1.82) is 0 Å². The van der Waals surface area contributed by atoms with Crippen molar-refractivity contribution in [3.63, 3.8) is 0 Å². The Hall–Kier alpha value is -0.970. The second-order valence-electron chi connectivity index (χ2n) is 4.62. The molecule has 17 heavy (non-hydrogen) atoms. The third-order valence-electron chi connectivity index (χ3n) is 3.62. The van der Waals surface area contributed by atoms with Crippen molar-refractivity contribution in [3.8, 4) is 0 Å². The lowest BCUT2D eigenvalue weighted by Crippen LogP contribution is -2.32. The fraction of sp³-hybridized carbons (Fsp3) is 0.385. The Labute approximate surface area is 104 Å². The monoisotopic (exact) mass is 252 g/mol. The zero-order chi connectivity index (χ0) is 12.7. The summed E-state index contributed by atoms with van der Waals surface area (Å²) in [6, 6.07) is 7.80. The summed E-state index contributed by atoms with van der Waals surface area (Å²) < 4.78 is 10.9. The Kier molecular flexibility index (Phi) is 2.97. The Morgan fingerprint density at radius 1 is 1.59 bits per heavy atom. The SMILES string of the molecule is C=CC1CC1(N)S(C)(O)c1ccccc1NC. The Morgan fingerprint density at radius 3 is 2.76 bits per heavy atom. The van der Waals surface area contributed by atoms with Crippen LogP contribution in [0.15, 0.2) is 41.8 Å². The summed E-state index contributed by atoms with van der Waals surface area (Å²) in [4.78, 5) is 0.413. The van der Waals surface area contributed by atoms with Gasteiger partial charge in [0.1, 0.15) is 0 Å². The molecule has 0 aliphatic heterocycles. The van der Waals surface area contributed by atoms with Crippen molar-refractivity contribution in [2.75, 3.05) is 18.6 Å². The van der Waals surface area contributed by atoms with Gasteiger partial charge in [0, 0.05) is 23.5 Å². The van der Waals surface area contributed by atoms with Gasteiger partial charge in [-0.05, 0) is 24.8 Å². The van der Waals surface area contributed by atoms with E-state index in [9.17, 15) is 4.55 Å². The van der Waals surface area contributed by atoms with Crippen molar-refractivity contribution in [3.05, 3.63) is 36.9 Å². The Balaban J connectivity index is 2.42. The normalized spacial score (nSPS) is 32.4. The van der Waals surface area contributed by atoms with Gasteiger partial charge in [-0.2, -0.15) is 0 Å². The van der Waals surface area contributed by atoms with E-state index in [1.54, 1.807) is 0 Å². The second kappa shape index (κ2) is 4.05. The molecule has 1 saturated carbocycles. The third kappa shape index (κ3) is 1.76. The van der Waals surface area contributed by atoms with E-state index in [0.29, 0.717) is 0 Å². The molecule has 3 nitrogen and oxygen atoms in total. The van der Waals surface area contributed by atoms with Crippen LogP contribution in [-0.4, -0.2) is 22.7 Å². The van der Waals surface area contributed by atoms with Gasteiger partial charge in [-0.25, -0.2) is 0 Å². The molecule has 2 rings (SSSR count). The lowest BCUT2D eigenvalue weighted by atomic mass is 10.3. The molecule has 4 heteroatoms. The zero-order valence-electron chi connectivity index (χ0n) is 10.3. The number of nitrogens with one attached hydrogen (secondary N) is 1. The number of hydrogen-bond acceptors (Lipinski definition) is 3. The second-order valence-corrected chi connectivity index (χ2v) is 7.57. The minimum Gasteiger partial charge on any atom is -0.387 e. The molecule has 0 amide bonds. The number of nitrogens with two attached hydrogens (primary N) is 1. The summed E-state index contributed by atoms with van der Waals surface area (Å²) >= 11 is 0. The molecule has 0 radical (unpaired) electrons. The summed E-state index contributed by atoms with van der Waals surface area (Å²) in [6.07, 6.45) is 4.53. The number of hydrogen-bond donors (Lipinski definition) is 3. The first-order valence-electron chi connectivity index (χ1n) is 5.66. The highest BCUT2D eigenvalue weighted by Crippen LogP contribution is 2.71. The van der Waals surface area contributed by atoms with E-state index >= 15 is 0 Å². The Morgan fingerprint density at radius 2 is 2.24 bits per heavy atom. The molecule has 1 aromatic rings. The standard InChI is InChI=1S/C13H20N2OS/c1-4-10-9-13(10,14)17(3,16)12-8-6-5-7-11(12)15-2/h4-8,10,15-16H,1,9,14H2,2-3H3. The van der Waals surface area contributed by atoms with Crippen LogP contribution in [0.1, 0.15) is 6.42 Å². The smallest absolute Gasteiger partial charge is 0.0783 e. The topological polar surface area (TPSA) is 58.3 Å². The van der Waals surface area contributed by atoms with Gasteiger partial charge in [0.05, 0.1) is 4.87 Å². The maximum atomic E-state index is 10.9. The van der Waals surface area contributed by atoms with Gasteiger partial charge < -0.3 is 15.6 Å². The first kappa shape index (κ1) is 12.5. The van der Waals surface area contributed by atoms with Crippen LogP contribution in [0.3, 0.4) is 0 Å². The molecule has 3 atom stereocenters. The highest BCUT2D eigenvalue weighted by atomic mass is 32.3. The number of para-hydroxylation sites is 1. The van der Waals surface area contributed by atoms with Crippen molar-refractivity contribution < 1.29 is 4.55 Å². The van der Waals surface area contributed by atoms with Crippen molar-refractivity contribution >= 4 is 16.0 Å². The number of rotatable bonds is 4. The summed E-state index contributed by atoms with van der Waals surface area (Å²) in [5, 5.41) is 3.11. The fourth-order valence-electron chi connectivity index (χ4n) is 2.25. The van der Waals surface area contributed by atoms with Gasteiger partial charge in [0.15, 0.2) is 0 Å². The molecular weight excluding hydrogens is 232 g/mol. The molecule has 0 bridgehead atoms. The van der Waals surface area contributed by atoms with Crippen LogP contribution in [0.25, 0.3) is 0 Å². The quantitative estimate of drug-likeness (QED) is 0.722. The lowest BCUT2D eigenvalue weighted by molar-refractivity contribution is 0.605. The molecule has 4 N–H and O–H groups in total. The van der Waals surface area contributed by atoms with Crippen LogP contribution >= 0.6 is 10.3 Å². The Bertz CT molecular complexity index is 447. The maximum Gasteiger partial charge on any atom is 0.0783 e. The van der Waals surface area contributed by atoms with Crippen molar-refractivity contribution in [1.82, 2.24) is 0 Å². The minimum atomic E-state index is -2.03. The summed E-state index contributed by atoms with van der Waals surface area (Å²) in [6.45, 7) is 3.77. The highest BCUT2D eigenvalue weighted by Gasteiger charge is 2.59. The van der Waals surface area contributed by atoms with E-state index in [0.717, 1.165) is 17.0 Å². The molecule has 0 spiro atoms. The molecule has 94 valence electrons. The van der Waals surface area contributed by atoms with Gasteiger partial charge in [-0.3, -0.25) is 0 Å². The number of anilines is 1. The predicted octanol–water partition coefficient (Wildman–Crippen LogP) is 2.86. The largest absolute Gasteiger partial charge is 0.387 e. The van der Waals surface area contributed by atoms with Crippen LogP contribution < -0.4 is 11.1 Å². The molecule has 1 aromatic carbocycles. The third-order valence-corrected chi connectivity index (χ3v) is 6.78. The van der Waals surface area contributed by atoms with E-state index in [1.165, 1.54) is 0 Å². The number of benzene rings is 1. The van der Waals surface area contributed by atoms with E-state index in [1.807, 2.05) is 43.6 Å². The molecule has 0 heterocycles. The van der Waals surface area contributed by atoms with E-state index < -0.39 is 15.2 Å². The first-order chi connectivity index (χ1) is 7.97. The van der Waals surface area contributed by atoms with E-state index in [-0.39, 0.29) is 5.92 Å². The summed E-state index contributed by atoms with van der Waals surface area (Å²) in [7, 11) is -0.169. The van der Waals surface area contributed by atoms with Gasteiger partial charge in [-0.1, -0.05) is 28.5 Å². The van der Waals surface area contributed by atoms with Crippen LogP contribution in [0.5, 0.6) is 0 Å². The van der Waals surface area contributed by atoms with E-state index in [2.05, 4.69) is 11.9 Å². The first-order valence-corrected chi connectivity index (χ1v) is 7.66. The van der Waals surface area contributed by atoms with Crippen LogP contribution in [0.2, 0.25) is 0 Å². The molecule has 1 aliphatic carbocycles. The van der Waals surface area contributed by atoms with Crippen LogP contribution in [-0.2, 0) is 0 Å². The highest BCUT2D eigenvalue weighted by molar-refractivity contribution is 8.30. The molecular formula is C13H20N2OS. The van der Waals surface area contributed by atoms with Gasteiger partial charge in [0.25, 0.3) is 0 Å². The van der Waals surface area contributed by atoms with Gasteiger partial charge in [0.2, 0.25) is 0 Å². The van der Waals surface area contributed by atoms with Gasteiger partial charge in [-0.15, -0.1) is 6.58 Å². The molecule has 1 fully saturated rings.